The standard InChI is InChI=1S/C14H21F2N3O/c1-2-3-11-10-4-6-17-8-12(10)19-14(18-11)5-7-20-9-13(15)16/h13,17H,2-9H2,1H3. The Kier molecular flexibility index (Phi) is 5.79. The van der Waals surface area contributed by atoms with E-state index in [4.69, 9.17) is 4.74 Å². The number of aromatic nitrogens is 2. The van der Waals surface area contributed by atoms with Crippen LogP contribution < -0.4 is 5.32 Å². The van der Waals surface area contributed by atoms with Crippen molar-refractivity contribution in [3.8, 4) is 0 Å². The summed E-state index contributed by atoms with van der Waals surface area (Å²) < 4.78 is 28.9. The number of hydrogen-bond donors (Lipinski definition) is 1. The molecule has 20 heavy (non-hydrogen) atoms. The highest BCUT2D eigenvalue weighted by Crippen LogP contribution is 2.17. The summed E-state index contributed by atoms with van der Waals surface area (Å²) in [5, 5.41) is 3.30. The minimum absolute atomic E-state index is 0.238. The molecule has 0 unspecified atom stereocenters. The van der Waals surface area contributed by atoms with Gasteiger partial charge in [0.15, 0.2) is 0 Å². The molecule has 2 heterocycles. The average molecular weight is 285 g/mol. The van der Waals surface area contributed by atoms with Crippen molar-refractivity contribution in [3.05, 3.63) is 22.8 Å². The number of hydrogen-bond acceptors (Lipinski definition) is 4. The topological polar surface area (TPSA) is 47.0 Å². The van der Waals surface area contributed by atoms with E-state index < -0.39 is 13.0 Å². The van der Waals surface area contributed by atoms with Gasteiger partial charge in [0.05, 0.1) is 12.3 Å². The van der Waals surface area contributed by atoms with Gasteiger partial charge >= 0.3 is 0 Å². The average Bonchev–Trinajstić information content (AvgIpc) is 2.44. The van der Waals surface area contributed by atoms with Crippen LogP contribution in [0.25, 0.3) is 0 Å². The molecule has 4 nitrogen and oxygen atoms in total. The molecular weight excluding hydrogens is 264 g/mol. The number of aryl methyl sites for hydroxylation is 1. The van der Waals surface area contributed by atoms with E-state index in [1.165, 1.54) is 5.56 Å². The van der Waals surface area contributed by atoms with Gasteiger partial charge in [-0.15, -0.1) is 0 Å². The minimum Gasteiger partial charge on any atom is -0.375 e. The Labute approximate surface area is 118 Å². The summed E-state index contributed by atoms with van der Waals surface area (Å²) in [6.07, 6.45) is 1.01. The number of fused-ring (bicyclic) bond motifs is 1. The third-order valence-corrected chi connectivity index (χ3v) is 3.27. The Balaban J connectivity index is 2.03. The Bertz CT molecular complexity index is 441. The van der Waals surface area contributed by atoms with Gasteiger partial charge in [0, 0.05) is 18.7 Å². The van der Waals surface area contributed by atoms with Crippen LogP contribution in [0.3, 0.4) is 0 Å². The van der Waals surface area contributed by atoms with Crippen LogP contribution in [0.15, 0.2) is 0 Å². The van der Waals surface area contributed by atoms with E-state index in [2.05, 4.69) is 22.2 Å². The van der Waals surface area contributed by atoms with Gasteiger partial charge in [-0.25, -0.2) is 18.7 Å². The SMILES string of the molecule is CCCc1nc(CCOCC(F)F)nc2c1CCNC2. The third-order valence-electron chi connectivity index (χ3n) is 3.27. The highest BCUT2D eigenvalue weighted by Gasteiger charge is 2.16. The molecule has 1 aliphatic heterocycles. The molecule has 112 valence electrons. The van der Waals surface area contributed by atoms with Gasteiger partial charge in [-0.2, -0.15) is 0 Å². The van der Waals surface area contributed by atoms with Gasteiger partial charge < -0.3 is 10.1 Å². The lowest BCUT2D eigenvalue weighted by atomic mass is 10.0. The molecule has 0 aliphatic carbocycles. The maximum atomic E-state index is 12.0. The van der Waals surface area contributed by atoms with Crippen molar-refractivity contribution in [2.75, 3.05) is 19.8 Å². The highest BCUT2D eigenvalue weighted by atomic mass is 19.3. The Hall–Kier alpha value is -1.14. The van der Waals surface area contributed by atoms with Gasteiger partial charge in [0.2, 0.25) is 0 Å². The minimum atomic E-state index is -2.42. The van der Waals surface area contributed by atoms with Crippen LogP contribution in [0.2, 0.25) is 0 Å². The molecular formula is C14H21F2N3O. The smallest absolute Gasteiger partial charge is 0.261 e. The van der Waals surface area contributed by atoms with Crippen LogP contribution >= 0.6 is 0 Å². The fourth-order valence-corrected chi connectivity index (χ4v) is 2.38. The molecule has 0 fully saturated rings. The second-order valence-corrected chi connectivity index (χ2v) is 4.90. The summed E-state index contributed by atoms with van der Waals surface area (Å²) >= 11 is 0. The van der Waals surface area contributed by atoms with E-state index >= 15 is 0 Å². The molecule has 1 aromatic rings. The summed E-state index contributed by atoms with van der Waals surface area (Å²) in [6, 6.07) is 0. The Morgan fingerprint density at radius 1 is 1.30 bits per heavy atom. The summed E-state index contributed by atoms with van der Waals surface area (Å²) in [5.41, 5.74) is 3.43. The van der Waals surface area contributed by atoms with Gasteiger partial charge in [0.25, 0.3) is 6.43 Å². The largest absolute Gasteiger partial charge is 0.375 e. The van der Waals surface area contributed by atoms with E-state index in [-0.39, 0.29) is 6.61 Å². The van der Waals surface area contributed by atoms with Crippen molar-refractivity contribution in [1.29, 1.82) is 0 Å². The predicted octanol–water partition coefficient (Wildman–Crippen LogP) is 1.90. The first kappa shape index (κ1) is 15.3. The Morgan fingerprint density at radius 2 is 2.15 bits per heavy atom. The van der Waals surface area contributed by atoms with E-state index in [0.29, 0.717) is 12.2 Å². The third kappa shape index (κ3) is 4.18. The molecule has 0 saturated heterocycles. The zero-order valence-electron chi connectivity index (χ0n) is 11.8. The molecule has 0 saturated carbocycles. The zero-order chi connectivity index (χ0) is 14.4. The van der Waals surface area contributed by atoms with Crippen LogP contribution in [-0.2, 0) is 30.5 Å². The Morgan fingerprint density at radius 3 is 2.90 bits per heavy atom. The molecule has 0 amide bonds. The molecule has 0 aromatic carbocycles. The fourth-order valence-electron chi connectivity index (χ4n) is 2.38. The van der Waals surface area contributed by atoms with E-state index in [1.807, 2.05) is 0 Å². The maximum absolute atomic E-state index is 12.0. The van der Waals surface area contributed by atoms with Crippen LogP contribution in [0, 0.1) is 0 Å². The van der Waals surface area contributed by atoms with Crippen molar-refractivity contribution in [2.45, 2.75) is 45.6 Å². The first-order valence-corrected chi connectivity index (χ1v) is 7.14. The molecule has 0 bridgehead atoms. The number of ether oxygens (including phenoxy) is 1. The normalized spacial score (nSPS) is 14.6. The second-order valence-electron chi connectivity index (χ2n) is 4.90. The fraction of sp³-hybridized carbons (Fsp3) is 0.714. The number of alkyl halides is 2. The van der Waals surface area contributed by atoms with Gasteiger partial charge in [0.1, 0.15) is 12.4 Å². The number of halogens is 2. The quantitative estimate of drug-likeness (QED) is 0.777. The summed E-state index contributed by atoms with van der Waals surface area (Å²) in [6.45, 7) is 3.57. The highest BCUT2D eigenvalue weighted by molar-refractivity contribution is 5.28. The van der Waals surface area contributed by atoms with E-state index in [9.17, 15) is 8.78 Å². The second kappa shape index (κ2) is 7.59. The molecule has 0 atom stereocenters. The first-order valence-electron chi connectivity index (χ1n) is 7.14. The van der Waals surface area contributed by atoms with Crippen LogP contribution in [0.1, 0.15) is 36.1 Å². The van der Waals surface area contributed by atoms with Crippen LogP contribution in [0.4, 0.5) is 8.78 Å². The summed E-state index contributed by atoms with van der Waals surface area (Å²) in [4.78, 5) is 9.12. The van der Waals surface area contributed by atoms with Crippen molar-refractivity contribution >= 4 is 0 Å². The number of nitrogens with zero attached hydrogens (tertiary/aromatic N) is 2. The molecule has 0 spiro atoms. The molecule has 1 aromatic heterocycles. The summed E-state index contributed by atoms with van der Waals surface area (Å²) in [7, 11) is 0. The molecule has 1 N–H and O–H groups in total. The van der Waals surface area contributed by atoms with Gasteiger partial charge in [-0.1, -0.05) is 13.3 Å². The van der Waals surface area contributed by atoms with Crippen molar-refractivity contribution in [1.82, 2.24) is 15.3 Å². The lowest BCUT2D eigenvalue weighted by Gasteiger charge is -2.20. The molecule has 6 heteroatoms. The van der Waals surface area contributed by atoms with E-state index in [0.717, 1.165) is 43.7 Å². The molecule has 0 radical (unpaired) electrons. The lowest BCUT2D eigenvalue weighted by molar-refractivity contribution is 0.0182. The predicted molar refractivity (Wildman–Crippen MR) is 72.0 cm³/mol. The van der Waals surface area contributed by atoms with E-state index in [1.54, 1.807) is 0 Å². The van der Waals surface area contributed by atoms with Crippen LogP contribution in [0.5, 0.6) is 0 Å². The first-order chi connectivity index (χ1) is 9.70. The monoisotopic (exact) mass is 285 g/mol. The van der Waals surface area contributed by atoms with Gasteiger partial charge in [-0.3, -0.25) is 0 Å². The zero-order valence-corrected chi connectivity index (χ0v) is 11.8. The van der Waals surface area contributed by atoms with Crippen LogP contribution in [-0.4, -0.2) is 36.2 Å². The molecule has 2 rings (SSSR count). The lowest BCUT2D eigenvalue weighted by Crippen LogP contribution is -2.27. The van der Waals surface area contributed by atoms with Crippen molar-refractivity contribution in [3.63, 3.8) is 0 Å². The van der Waals surface area contributed by atoms with Crippen molar-refractivity contribution in [2.24, 2.45) is 0 Å². The number of nitrogens with one attached hydrogen (secondary N) is 1. The number of rotatable bonds is 7. The molecule has 1 aliphatic rings. The van der Waals surface area contributed by atoms with Crippen molar-refractivity contribution < 1.29 is 13.5 Å². The summed E-state index contributed by atoms with van der Waals surface area (Å²) in [5.74, 6) is 0.699. The van der Waals surface area contributed by atoms with Gasteiger partial charge in [-0.05, 0) is 24.9 Å². The maximum Gasteiger partial charge on any atom is 0.261 e.